The van der Waals surface area contributed by atoms with Crippen molar-refractivity contribution in [3.8, 4) is 34.7 Å². The van der Waals surface area contributed by atoms with E-state index in [9.17, 15) is 5.26 Å². The molecule has 1 aliphatic rings. The summed E-state index contributed by atoms with van der Waals surface area (Å²) in [5.41, 5.74) is 3.35. The summed E-state index contributed by atoms with van der Waals surface area (Å²) in [5.74, 6) is 2.18. The molecule has 2 heterocycles. The molecule has 178 valence electrons. The summed E-state index contributed by atoms with van der Waals surface area (Å²) in [6, 6.07) is 20.2. The molecule has 3 aromatic carbocycles. The second-order valence-electron chi connectivity index (χ2n) is 9.35. The summed E-state index contributed by atoms with van der Waals surface area (Å²) in [6.45, 7) is 8.10. The number of hydrogen-bond donors (Lipinski definition) is 1. The van der Waals surface area contributed by atoms with E-state index >= 15 is 0 Å². The summed E-state index contributed by atoms with van der Waals surface area (Å²) >= 11 is 0. The Morgan fingerprint density at radius 2 is 1.94 bits per heavy atom. The van der Waals surface area contributed by atoms with Gasteiger partial charge in [-0.25, -0.2) is 0 Å². The molecule has 0 spiro atoms. The first-order valence-electron chi connectivity index (χ1n) is 12.0. The topological polar surface area (TPSA) is 87.2 Å². The van der Waals surface area contributed by atoms with Crippen LogP contribution in [0.15, 0.2) is 59.1 Å². The second kappa shape index (κ2) is 9.87. The largest absolute Gasteiger partial charge is 0.490 e. The molecule has 1 fully saturated rings. The molecular formula is C28H29N5O2. The van der Waals surface area contributed by atoms with Gasteiger partial charge in [0, 0.05) is 37.3 Å². The number of hydrogen-bond acceptors (Lipinski definition) is 7. The third kappa shape index (κ3) is 4.76. The molecule has 0 saturated carbocycles. The molecule has 1 aromatic heterocycles. The average Bonchev–Trinajstić information content (AvgIpc) is 3.33. The molecule has 0 bridgehead atoms. The number of rotatable bonds is 8. The number of benzene rings is 3. The van der Waals surface area contributed by atoms with Crippen LogP contribution in [-0.2, 0) is 6.54 Å². The Morgan fingerprint density at radius 1 is 1.14 bits per heavy atom. The highest BCUT2D eigenvalue weighted by Crippen LogP contribution is 2.33. The van der Waals surface area contributed by atoms with Gasteiger partial charge in [-0.05, 0) is 61.3 Å². The van der Waals surface area contributed by atoms with Crippen molar-refractivity contribution in [2.24, 2.45) is 5.92 Å². The predicted octanol–water partition coefficient (Wildman–Crippen LogP) is 4.87. The molecule has 4 aromatic rings. The number of nitriles is 1. The van der Waals surface area contributed by atoms with E-state index in [1.54, 1.807) is 12.1 Å². The van der Waals surface area contributed by atoms with E-state index in [0.29, 0.717) is 28.6 Å². The third-order valence-electron chi connectivity index (χ3n) is 6.31. The number of nitrogens with one attached hydrogen (secondary N) is 1. The SMILES string of the molecule is CNCC1CN(Cc2ccc(-c3noc(-c4ccc(OC(C)C)c(C#N)c4)n3)c3ccccc23)C1. The quantitative estimate of drug-likeness (QED) is 0.396. The zero-order valence-electron chi connectivity index (χ0n) is 20.3. The van der Waals surface area contributed by atoms with Crippen LogP contribution in [0.3, 0.4) is 0 Å². The zero-order valence-corrected chi connectivity index (χ0v) is 20.3. The minimum Gasteiger partial charge on any atom is -0.490 e. The minimum absolute atomic E-state index is 0.0184. The van der Waals surface area contributed by atoms with Gasteiger partial charge in [0.25, 0.3) is 5.89 Å². The first kappa shape index (κ1) is 23.0. The lowest BCUT2D eigenvalue weighted by atomic mass is 9.95. The van der Waals surface area contributed by atoms with Crippen molar-refractivity contribution < 1.29 is 9.26 Å². The fourth-order valence-electron chi connectivity index (χ4n) is 4.72. The Kier molecular flexibility index (Phi) is 6.49. The molecule has 0 amide bonds. The highest BCUT2D eigenvalue weighted by Gasteiger charge is 2.26. The van der Waals surface area contributed by atoms with E-state index in [1.807, 2.05) is 33.0 Å². The Labute approximate surface area is 205 Å². The van der Waals surface area contributed by atoms with Crippen LogP contribution in [0.1, 0.15) is 25.0 Å². The summed E-state index contributed by atoms with van der Waals surface area (Å²) < 4.78 is 11.3. The van der Waals surface area contributed by atoms with Gasteiger partial charge in [0.1, 0.15) is 11.8 Å². The molecule has 7 heteroatoms. The zero-order chi connectivity index (χ0) is 24.4. The molecule has 1 N–H and O–H groups in total. The lowest BCUT2D eigenvalue weighted by Gasteiger charge is -2.39. The van der Waals surface area contributed by atoms with E-state index in [1.165, 1.54) is 10.9 Å². The third-order valence-corrected chi connectivity index (χ3v) is 6.31. The monoisotopic (exact) mass is 467 g/mol. The van der Waals surface area contributed by atoms with Crippen molar-refractivity contribution in [2.75, 3.05) is 26.7 Å². The molecule has 1 saturated heterocycles. The number of ether oxygens (including phenoxy) is 1. The maximum Gasteiger partial charge on any atom is 0.258 e. The van der Waals surface area contributed by atoms with Crippen LogP contribution in [0.4, 0.5) is 0 Å². The van der Waals surface area contributed by atoms with Crippen molar-refractivity contribution in [3.05, 3.63) is 65.7 Å². The maximum absolute atomic E-state index is 9.55. The Morgan fingerprint density at radius 3 is 2.69 bits per heavy atom. The summed E-state index contributed by atoms with van der Waals surface area (Å²) in [6.07, 6.45) is -0.0184. The van der Waals surface area contributed by atoms with Crippen LogP contribution in [0.25, 0.3) is 33.6 Å². The van der Waals surface area contributed by atoms with Gasteiger partial charge in [-0.2, -0.15) is 10.2 Å². The van der Waals surface area contributed by atoms with E-state index in [-0.39, 0.29) is 6.10 Å². The Hall–Kier alpha value is -3.73. The first-order valence-corrected chi connectivity index (χ1v) is 12.0. The summed E-state index contributed by atoms with van der Waals surface area (Å²) in [4.78, 5) is 7.15. The normalized spacial score (nSPS) is 14.3. The molecule has 35 heavy (non-hydrogen) atoms. The van der Waals surface area contributed by atoms with Crippen LogP contribution >= 0.6 is 0 Å². The van der Waals surface area contributed by atoms with Gasteiger partial charge < -0.3 is 14.6 Å². The van der Waals surface area contributed by atoms with Crippen LogP contribution in [0, 0.1) is 17.2 Å². The van der Waals surface area contributed by atoms with Gasteiger partial charge in [0.2, 0.25) is 5.82 Å². The van der Waals surface area contributed by atoms with Gasteiger partial charge in [0.15, 0.2) is 0 Å². The van der Waals surface area contributed by atoms with E-state index in [4.69, 9.17) is 9.26 Å². The average molecular weight is 468 g/mol. The maximum atomic E-state index is 9.55. The highest BCUT2D eigenvalue weighted by molar-refractivity contribution is 5.97. The highest BCUT2D eigenvalue weighted by atomic mass is 16.5. The van der Waals surface area contributed by atoms with Crippen molar-refractivity contribution in [1.82, 2.24) is 20.4 Å². The molecule has 0 radical (unpaired) electrons. The van der Waals surface area contributed by atoms with Crippen molar-refractivity contribution in [2.45, 2.75) is 26.5 Å². The van der Waals surface area contributed by atoms with Crippen LogP contribution < -0.4 is 10.1 Å². The van der Waals surface area contributed by atoms with E-state index < -0.39 is 0 Å². The number of nitrogens with zero attached hydrogens (tertiary/aromatic N) is 4. The van der Waals surface area contributed by atoms with E-state index in [0.717, 1.165) is 43.0 Å². The molecular weight excluding hydrogens is 438 g/mol. The molecule has 0 atom stereocenters. The fraction of sp³-hybridized carbons (Fsp3) is 0.321. The van der Waals surface area contributed by atoms with E-state index in [2.05, 4.69) is 56.8 Å². The number of aromatic nitrogens is 2. The van der Waals surface area contributed by atoms with Crippen molar-refractivity contribution in [1.29, 1.82) is 5.26 Å². The summed E-state index contributed by atoms with van der Waals surface area (Å²) in [7, 11) is 2.01. The molecule has 0 aliphatic carbocycles. The van der Waals surface area contributed by atoms with Crippen LogP contribution in [-0.4, -0.2) is 47.8 Å². The minimum atomic E-state index is -0.0184. The summed E-state index contributed by atoms with van der Waals surface area (Å²) in [5, 5.41) is 19.4. The lowest BCUT2D eigenvalue weighted by molar-refractivity contribution is 0.0937. The smallest absolute Gasteiger partial charge is 0.258 e. The van der Waals surface area contributed by atoms with Crippen molar-refractivity contribution in [3.63, 3.8) is 0 Å². The molecule has 7 nitrogen and oxygen atoms in total. The Bertz CT molecular complexity index is 1380. The van der Waals surface area contributed by atoms with Gasteiger partial charge in [-0.15, -0.1) is 0 Å². The van der Waals surface area contributed by atoms with Crippen molar-refractivity contribution >= 4 is 10.8 Å². The van der Waals surface area contributed by atoms with Gasteiger partial charge >= 0.3 is 0 Å². The van der Waals surface area contributed by atoms with Crippen LogP contribution in [0.2, 0.25) is 0 Å². The lowest BCUT2D eigenvalue weighted by Crippen LogP contribution is -2.49. The molecule has 1 aliphatic heterocycles. The molecule has 0 unspecified atom stereocenters. The standard InChI is InChI=1S/C28H29N5O2/c1-18(2)34-26-11-9-20(12-22(26)13-29)28-31-27(32-35-28)25-10-8-21(23-6-4-5-7-24(23)25)17-33-15-19(16-33)14-30-3/h4-12,18-19,30H,14-17H2,1-3H3. The second-order valence-corrected chi connectivity index (χ2v) is 9.35. The van der Waals surface area contributed by atoms with Crippen LogP contribution in [0.5, 0.6) is 5.75 Å². The Balaban J connectivity index is 1.42. The fourth-order valence-corrected chi connectivity index (χ4v) is 4.72. The first-order chi connectivity index (χ1) is 17.1. The predicted molar refractivity (Wildman–Crippen MR) is 136 cm³/mol. The van der Waals surface area contributed by atoms with Gasteiger partial charge in [-0.1, -0.05) is 41.6 Å². The number of fused-ring (bicyclic) bond motifs is 1. The number of likely N-dealkylation sites (tertiary alicyclic amines) is 1. The molecule has 5 rings (SSSR count). The van der Waals surface area contributed by atoms with Gasteiger partial charge in [0.05, 0.1) is 11.7 Å². The van der Waals surface area contributed by atoms with Gasteiger partial charge in [-0.3, -0.25) is 4.90 Å².